The van der Waals surface area contributed by atoms with Gasteiger partial charge < -0.3 is 15.0 Å². The number of imidazole rings is 1. The van der Waals surface area contributed by atoms with Crippen molar-refractivity contribution in [1.82, 2.24) is 14.9 Å². The van der Waals surface area contributed by atoms with Crippen LogP contribution < -0.4 is 5.32 Å². The van der Waals surface area contributed by atoms with Crippen molar-refractivity contribution in [3.63, 3.8) is 0 Å². The molecule has 1 atom stereocenters. The van der Waals surface area contributed by atoms with Gasteiger partial charge in [-0.25, -0.2) is 4.98 Å². The summed E-state index contributed by atoms with van der Waals surface area (Å²) in [7, 11) is 0. The number of para-hydroxylation sites is 2. The van der Waals surface area contributed by atoms with E-state index in [0.717, 1.165) is 16.6 Å². The Balaban J connectivity index is 1.78. The minimum absolute atomic E-state index is 0.0731. The van der Waals surface area contributed by atoms with E-state index >= 15 is 0 Å². The van der Waals surface area contributed by atoms with Gasteiger partial charge in [0.2, 0.25) is 5.91 Å². The van der Waals surface area contributed by atoms with E-state index in [4.69, 9.17) is 0 Å². The van der Waals surface area contributed by atoms with E-state index in [1.807, 2.05) is 61.5 Å². The topological polar surface area (TPSA) is 67.2 Å². The molecule has 1 amide bonds. The van der Waals surface area contributed by atoms with E-state index in [1.165, 1.54) is 0 Å². The van der Waals surface area contributed by atoms with Gasteiger partial charge in [-0.3, -0.25) is 4.79 Å². The minimum atomic E-state index is -0.198. The lowest BCUT2D eigenvalue weighted by Gasteiger charge is -2.15. The summed E-state index contributed by atoms with van der Waals surface area (Å²) in [4.78, 5) is 16.7. The molecular formula is C18H19N3O2. The summed E-state index contributed by atoms with van der Waals surface area (Å²) in [5.74, 6) is 0.382. The molecule has 0 bridgehead atoms. The van der Waals surface area contributed by atoms with Crippen LogP contribution in [0.2, 0.25) is 0 Å². The van der Waals surface area contributed by atoms with E-state index in [9.17, 15) is 9.90 Å². The SMILES string of the molecule is CC(NC(=O)Cn1c(CO)nc2ccccc21)c1ccccc1. The Morgan fingerprint density at radius 2 is 1.87 bits per heavy atom. The number of nitrogens with one attached hydrogen (secondary N) is 1. The smallest absolute Gasteiger partial charge is 0.240 e. The molecule has 0 aliphatic carbocycles. The summed E-state index contributed by atoms with van der Waals surface area (Å²) in [6.07, 6.45) is 0. The second kappa shape index (κ2) is 6.62. The number of hydrogen-bond donors (Lipinski definition) is 2. The third-order valence-corrected chi connectivity index (χ3v) is 3.85. The van der Waals surface area contributed by atoms with Crippen LogP contribution in [0.1, 0.15) is 24.4 Å². The second-order valence-electron chi connectivity index (χ2n) is 5.46. The standard InChI is InChI=1S/C18H19N3O2/c1-13(14-7-3-2-4-8-14)19-18(23)11-21-16-10-6-5-9-15(16)20-17(21)12-22/h2-10,13,22H,11-12H2,1H3,(H,19,23). The number of carbonyl (C=O) groups is 1. The molecule has 1 unspecified atom stereocenters. The van der Waals surface area contributed by atoms with Gasteiger partial charge in [-0.15, -0.1) is 0 Å². The molecule has 23 heavy (non-hydrogen) atoms. The quantitative estimate of drug-likeness (QED) is 0.760. The number of aliphatic hydroxyl groups is 1. The van der Waals surface area contributed by atoms with Gasteiger partial charge in [-0.1, -0.05) is 42.5 Å². The highest BCUT2D eigenvalue weighted by Gasteiger charge is 2.14. The Labute approximate surface area is 134 Å². The molecule has 3 rings (SSSR count). The lowest BCUT2D eigenvalue weighted by Crippen LogP contribution is -2.30. The van der Waals surface area contributed by atoms with Gasteiger partial charge in [0.25, 0.3) is 0 Å². The highest BCUT2D eigenvalue weighted by atomic mass is 16.3. The summed E-state index contributed by atoms with van der Waals surface area (Å²) in [5, 5.41) is 12.5. The third kappa shape index (κ3) is 3.24. The Morgan fingerprint density at radius 3 is 2.61 bits per heavy atom. The molecule has 118 valence electrons. The molecule has 2 N–H and O–H groups in total. The first kappa shape index (κ1) is 15.2. The van der Waals surface area contributed by atoms with Crippen molar-refractivity contribution in [1.29, 1.82) is 0 Å². The van der Waals surface area contributed by atoms with Crippen molar-refractivity contribution in [2.24, 2.45) is 0 Å². The van der Waals surface area contributed by atoms with Crippen LogP contribution in [0.5, 0.6) is 0 Å². The van der Waals surface area contributed by atoms with Crippen molar-refractivity contribution in [3.05, 3.63) is 66.0 Å². The molecule has 0 saturated carbocycles. The van der Waals surface area contributed by atoms with E-state index < -0.39 is 0 Å². The third-order valence-electron chi connectivity index (χ3n) is 3.85. The fourth-order valence-electron chi connectivity index (χ4n) is 2.68. The number of hydrogen-bond acceptors (Lipinski definition) is 3. The van der Waals surface area contributed by atoms with Gasteiger partial charge in [0.05, 0.1) is 17.1 Å². The van der Waals surface area contributed by atoms with E-state index in [-0.39, 0.29) is 25.1 Å². The second-order valence-corrected chi connectivity index (χ2v) is 5.46. The number of carbonyl (C=O) groups excluding carboxylic acids is 1. The lowest BCUT2D eigenvalue weighted by molar-refractivity contribution is -0.122. The number of fused-ring (bicyclic) bond motifs is 1. The Morgan fingerprint density at radius 1 is 1.17 bits per heavy atom. The maximum absolute atomic E-state index is 12.4. The molecule has 0 saturated heterocycles. The maximum atomic E-state index is 12.4. The van der Waals surface area contributed by atoms with Crippen LogP contribution in [0.15, 0.2) is 54.6 Å². The number of rotatable bonds is 5. The van der Waals surface area contributed by atoms with Crippen LogP contribution in [0.4, 0.5) is 0 Å². The van der Waals surface area contributed by atoms with E-state index in [1.54, 1.807) is 4.57 Å². The molecule has 0 spiro atoms. The van der Waals surface area contributed by atoms with Crippen molar-refractivity contribution >= 4 is 16.9 Å². The minimum Gasteiger partial charge on any atom is -0.388 e. The zero-order valence-corrected chi connectivity index (χ0v) is 12.9. The van der Waals surface area contributed by atoms with Gasteiger partial charge in [-0.2, -0.15) is 0 Å². The molecule has 5 heteroatoms. The number of aliphatic hydroxyl groups excluding tert-OH is 1. The van der Waals surface area contributed by atoms with Crippen molar-refractivity contribution in [2.75, 3.05) is 0 Å². The van der Waals surface area contributed by atoms with Gasteiger partial charge in [0.1, 0.15) is 19.0 Å². The molecule has 0 radical (unpaired) electrons. The number of benzene rings is 2. The molecule has 1 heterocycles. The summed E-state index contributed by atoms with van der Waals surface area (Å²) in [5.41, 5.74) is 2.68. The number of nitrogens with zero attached hydrogens (tertiary/aromatic N) is 2. The molecule has 1 aromatic heterocycles. The van der Waals surface area contributed by atoms with E-state index in [0.29, 0.717) is 5.82 Å². The molecule has 5 nitrogen and oxygen atoms in total. The molecule has 0 aliphatic heterocycles. The average Bonchev–Trinajstić information content (AvgIpc) is 2.93. The summed E-state index contributed by atoms with van der Waals surface area (Å²) in [6, 6.07) is 17.3. The molecule has 2 aromatic carbocycles. The predicted octanol–water partition coefficient (Wildman–Crippen LogP) is 2.41. The normalized spacial score (nSPS) is 12.3. The van der Waals surface area contributed by atoms with Gasteiger partial charge >= 0.3 is 0 Å². The van der Waals surface area contributed by atoms with Crippen LogP contribution in [0.3, 0.4) is 0 Å². The highest BCUT2D eigenvalue weighted by molar-refractivity contribution is 5.81. The zero-order chi connectivity index (χ0) is 16.2. The first-order valence-electron chi connectivity index (χ1n) is 7.58. The van der Waals surface area contributed by atoms with Crippen LogP contribution >= 0.6 is 0 Å². The highest BCUT2D eigenvalue weighted by Crippen LogP contribution is 2.16. The number of aromatic nitrogens is 2. The van der Waals surface area contributed by atoms with Crippen molar-refractivity contribution < 1.29 is 9.90 Å². The predicted molar refractivity (Wildman–Crippen MR) is 88.7 cm³/mol. The van der Waals surface area contributed by atoms with Crippen molar-refractivity contribution in [2.45, 2.75) is 26.1 Å². The maximum Gasteiger partial charge on any atom is 0.240 e. The van der Waals surface area contributed by atoms with Gasteiger partial charge in [0.15, 0.2) is 0 Å². The fraction of sp³-hybridized carbons (Fsp3) is 0.222. The van der Waals surface area contributed by atoms with Crippen LogP contribution in [-0.4, -0.2) is 20.6 Å². The summed E-state index contributed by atoms with van der Waals surface area (Å²) in [6.45, 7) is 1.88. The van der Waals surface area contributed by atoms with Crippen molar-refractivity contribution in [3.8, 4) is 0 Å². The van der Waals surface area contributed by atoms with Crippen LogP contribution in [-0.2, 0) is 17.9 Å². The first-order chi connectivity index (χ1) is 11.2. The van der Waals surface area contributed by atoms with Gasteiger partial charge in [-0.05, 0) is 24.6 Å². The fourth-order valence-corrected chi connectivity index (χ4v) is 2.68. The number of amides is 1. The molecule has 0 aliphatic rings. The molecule has 0 fully saturated rings. The largest absolute Gasteiger partial charge is 0.388 e. The van der Waals surface area contributed by atoms with Gasteiger partial charge in [0, 0.05) is 0 Å². The van der Waals surface area contributed by atoms with Crippen LogP contribution in [0.25, 0.3) is 11.0 Å². The lowest BCUT2D eigenvalue weighted by atomic mass is 10.1. The first-order valence-corrected chi connectivity index (χ1v) is 7.58. The van der Waals surface area contributed by atoms with Crippen LogP contribution in [0, 0.1) is 0 Å². The zero-order valence-electron chi connectivity index (χ0n) is 12.9. The summed E-state index contributed by atoms with van der Waals surface area (Å²) < 4.78 is 1.75. The summed E-state index contributed by atoms with van der Waals surface area (Å²) >= 11 is 0. The molecule has 3 aromatic rings. The Bertz CT molecular complexity index is 812. The molecular weight excluding hydrogens is 290 g/mol. The van der Waals surface area contributed by atoms with E-state index in [2.05, 4.69) is 10.3 Å². The average molecular weight is 309 g/mol. The Kier molecular flexibility index (Phi) is 4.39. The monoisotopic (exact) mass is 309 g/mol. The Hall–Kier alpha value is -2.66.